The topological polar surface area (TPSA) is 67.8 Å². The van der Waals surface area contributed by atoms with Gasteiger partial charge in [0.25, 0.3) is 0 Å². The van der Waals surface area contributed by atoms with E-state index in [0.717, 1.165) is 12.4 Å². The van der Waals surface area contributed by atoms with Gasteiger partial charge in [-0.25, -0.2) is 9.97 Å². The van der Waals surface area contributed by atoms with Crippen molar-refractivity contribution < 1.29 is 14.3 Å². The molecule has 1 aliphatic heterocycles. The van der Waals surface area contributed by atoms with Gasteiger partial charge < -0.3 is 19.3 Å². The second-order valence-electron chi connectivity index (χ2n) is 8.01. The maximum absolute atomic E-state index is 12.6. The van der Waals surface area contributed by atoms with E-state index in [0.29, 0.717) is 30.5 Å². The standard InChI is InChI=1S/C21H28N4O3/c1-15-13-24(10-11-25(15)20(26)21(2,3)4)18-12-19(23-14-22-18)28-17-9-7-6-8-16(17)27-5/h6-9,12,14-15H,10-11,13H2,1-5H3/t15-/m0/s1. The van der Waals surface area contributed by atoms with E-state index in [1.165, 1.54) is 6.33 Å². The predicted molar refractivity (Wildman–Crippen MR) is 108 cm³/mol. The summed E-state index contributed by atoms with van der Waals surface area (Å²) in [5.74, 6) is 2.67. The Morgan fingerprint density at radius 2 is 1.86 bits per heavy atom. The smallest absolute Gasteiger partial charge is 0.228 e. The van der Waals surface area contributed by atoms with Crippen molar-refractivity contribution in [3.05, 3.63) is 36.7 Å². The number of carbonyl (C=O) groups excluding carboxylic acids is 1. The lowest BCUT2D eigenvalue weighted by Crippen LogP contribution is -2.56. The van der Waals surface area contributed by atoms with Crippen LogP contribution in [0.25, 0.3) is 0 Å². The minimum absolute atomic E-state index is 0.106. The summed E-state index contributed by atoms with van der Waals surface area (Å²) in [6.45, 7) is 10.1. The maximum atomic E-state index is 12.6. The molecule has 1 aromatic carbocycles. The molecule has 150 valence electrons. The van der Waals surface area contributed by atoms with Crippen LogP contribution in [0.15, 0.2) is 36.7 Å². The molecule has 1 fully saturated rings. The van der Waals surface area contributed by atoms with Crippen LogP contribution in [0.3, 0.4) is 0 Å². The van der Waals surface area contributed by atoms with Crippen molar-refractivity contribution in [3.63, 3.8) is 0 Å². The maximum Gasteiger partial charge on any atom is 0.228 e. The Balaban J connectivity index is 1.72. The largest absolute Gasteiger partial charge is 0.493 e. The fourth-order valence-corrected chi connectivity index (χ4v) is 3.27. The monoisotopic (exact) mass is 384 g/mol. The van der Waals surface area contributed by atoms with Crippen LogP contribution in [-0.4, -0.2) is 53.6 Å². The first-order chi connectivity index (χ1) is 13.3. The normalized spacial score (nSPS) is 17.4. The molecular formula is C21H28N4O3. The number of amides is 1. The number of carbonyl (C=O) groups is 1. The molecular weight excluding hydrogens is 356 g/mol. The van der Waals surface area contributed by atoms with E-state index < -0.39 is 0 Å². The minimum atomic E-state index is -0.374. The van der Waals surface area contributed by atoms with Crippen LogP contribution in [0, 0.1) is 5.41 Å². The Labute approximate surface area is 166 Å². The van der Waals surface area contributed by atoms with Gasteiger partial charge in [-0.15, -0.1) is 0 Å². The minimum Gasteiger partial charge on any atom is -0.493 e. The van der Waals surface area contributed by atoms with E-state index in [2.05, 4.69) is 21.8 Å². The van der Waals surface area contributed by atoms with Gasteiger partial charge in [0.1, 0.15) is 12.1 Å². The summed E-state index contributed by atoms with van der Waals surface area (Å²) in [7, 11) is 1.60. The highest BCUT2D eigenvalue weighted by Gasteiger charge is 2.34. The van der Waals surface area contributed by atoms with E-state index in [-0.39, 0.29) is 17.4 Å². The van der Waals surface area contributed by atoms with Crippen LogP contribution < -0.4 is 14.4 Å². The third kappa shape index (κ3) is 4.35. The van der Waals surface area contributed by atoms with Crippen LogP contribution in [0.1, 0.15) is 27.7 Å². The molecule has 0 unspecified atom stereocenters. The van der Waals surface area contributed by atoms with Gasteiger partial charge in [0.15, 0.2) is 11.5 Å². The molecule has 7 nitrogen and oxygen atoms in total. The SMILES string of the molecule is COc1ccccc1Oc1cc(N2CCN(C(=O)C(C)(C)C)[C@@H](C)C2)ncn1. The van der Waals surface area contributed by atoms with Crippen molar-refractivity contribution >= 4 is 11.7 Å². The number of ether oxygens (including phenoxy) is 2. The summed E-state index contributed by atoms with van der Waals surface area (Å²) in [6.07, 6.45) is 1.50. The van der Waals surface area contributed by atoms with Crippen molar-refractivity contribution in [1.29, 1.82) is 0 Å². The molecule has 0 saturated carbocycles. The number of aromatic nitrogens is 2. The van der Waals surface area contributed by atoms with Gasteiger partial charge in [0, 0.05) is 37.2 Å². The molecule has 0 radical (unpaired) electrons. The van der Waals surface area contributed by atoms with E-state index in [4.69, 9.17) is 9.47 Å². The highest BCUT2D eigenvalue weighted by molar-refractivity contribution is 5.82. The van der Waals surface area contributed by atoms with E-state index >= 15 is 0 Å². The number of nitrogens with zero attached hydrogens (tertiary/aromatic N) is 4. The number of para-hydroxylation sites is 2. The summed E-state index contributed by atoms with van der Waals surface area (Å²) >= 11 is 0. The van der Waals surface area contributed by atoms with Crippen LogP contribution in [-0.2, 0) is 4.79 Å². The van der Waals surface area contributed by atoms with Crippen LogP contribution in [0.4, 0.5) is 5.82 Å². The lowest BCUT2D eigenvalue weighted by Gasteiger charge is -2.42. The molecule has 0 bridgehead atoms. The molecule has 3 rings (SSSR count). The molecule has 1 aromatic heterocycles. The van der Waals surface area contributed by atoms with E-state index in [1.807, 2.05) is 56.0 Å². The van der Waals surface area contributed by atoms with Crippen molar-refractivity contribution in [1.82, 2.24) is 14.9 Å². The van der Waals surface area contributed by atoms with Crippen LogP contribution in [0.2, 0.25) is 0 Å². The average molecular weight is 384 g/mol. The Morgan fingerprint density at radius 1 is 1.14 bits per heavy atom. The highest BCUT2D eigenvalue weighted by Crippen LogP contribution is 2.31. The van der Waals surface area contributed by atoms with Gasteiger partial charge in [-0.3, -0.25) is 4.79 Å². The van der Waals surface area contributed by atoms with Gasteiger partial charge in [-0.1, -0.05) is 32.9 Å². The number of methoxy groups -OCH3 is 1. The van der Waals surface area contributed by atoms with Crippen molar-refractivity contribution in [2.75, 3.05) is 31.6 Å². The zero-order chi connectivity index (χ0) is 20.3. The summed E-state index contributed by atoms with van der Waals surface area (Å²) in [5.41, 5.74) is -0.374. The van der Waals surface area contributed by atoms with Gasteiger partial charge >= 0.3 is 0 Å². The molecule has 2 heterocycles. The second kappa shape index (κ2) is 8.04. The van der Waals surface area contributed by atoms with Crippen molar-refractivity contribution in [2.24, 2.45) is 5.41 Å². The molecule has 28 heavy (non-hydrogen) atoms. The van der Waals surface area contributed by atoms with E-state index in [1.54, 1.807) is 7.11 Å². The van der Waals surface area contributed by atoms with Crippen LogP contribution in [0.5, 0.6) is 17.4 Å². The number of anilines is 1. The van der Waals surface area contributed by atoms with Crippen LogP contribution >= 0.6 is 0 Å². The zero-order valence-corrected chi connectivity index (χ0v) is 17.2. The molecule has 0 N–H and O–H groups in total. The highest BCUT2D eigenvalue weighted by atomic mass is 16.5. The number of hydrogen-bond acceptors (Lipinski definition) is 6. The quantitative estimate of drug-likeness (QED) is 0.805. The molecule has 0 spiro atoms. The summed E-state index contributed by atoms with van der Waals surface area (Å²) in [5, 5.41) is 0. The zero-order valence-electron chi connectivity index (χ0n) is 17.2. The van der Waals surface area contributed by atoms with Gasteiger partial charge in [-0.2, -0.15) is 0 Å². The summed E-state index contributed by atoms with van der Waals surface area (Å²) in [4.78, 5) is 25.4. The van der Waals surface area contributed by atoms with Gasteiger partial charge in [0.05, 0.1) is 7.11 Å². The van der Waals surface area contributed by atoms with Gasteiger partial charge in [-0.05, 0) is 19.1 Å². The van der Waals surface area contributed by atoms with Crippen molar-refractivity contribution in [2.45, 2.75) is 33.7 Å². The second-order valence-corrected chi connectivity index (χ2v) is 8.01. The first-order valence-corrected chi connectivity index (χ1v) is 9.48. The molecule has 1 aliphatic rings. The average Bonchev–Trinajstić information content (AvgIpc) is 2.67. The van der Waals surface area contributed by atoms with E-state index in [9.17, 15) is 4.79 Å². The Bertz CT molecular complexity index is 834. The first-order valence-electron chi connectivity index (χ1n) is 9.48. The third-order valence-corrected chi connectivity index (χ3v) is 4.77. The number of hydrogen-bond donors (Lipinski definition) is 0. The Hall–Kier alpha value is -2.83. The van der Waals surface area contributed by atoms with Gasteiger partial charge in [0.2, 0.25) is 11.8 Å². The number of benzene rings is 1. The third-order valence-electron chi connectivity index (χ3n) is 4.77. The first kappa shape index (κ1) is 19.9. The predicted octanol–water partition coefficient (Wildman–Crippen LogP) is 3.36. The molecule has 1 saturated heterocycles. The molecule has 7 heteroatoms. The number of piperazine rings is 1. The lowest BCUT2D eigenvalue weighted by atomic mass is 9.93. The Morgan fingerprint density at radius 3 is 2.50 bits per heavy atom. The summed E-state index contributed by atoms with van der Waals surface area (Å²) < 4.78 is 11.2. The Kier molecular flexibility index (Phi) is 5.72. The fraction of sp³-hybridized carbons (Fsp3) is 0.476. The molecule has 1 amide bonds. The lowest BCUT2D eigenvalue weighted by molar-refractivity contribution is -0.142. The summed E-state index contributed by atoms with van der Waals surface area (Å²) in [6, 6.07) is 9.36. The van der Waals surface area contributed by atoms with Crippen molar-refractivity contribution in [3.8, 4) is 17.4 Å². The number of rotatable bonds is 4. The molecule has 1 atom stereocenters. The fourth-order valence-electron chi connectivity index (χ4n) is 3.27. The molecule has 2 aromatic rings. The molecule has 0 aliphatic carbocycles.